The Morgan fingerprint density at radius 2 is 1.92 bits per heavy atom. The second-order valence-corrected chi connectivity index (χ2v) is 4.00. The summed E-state index contributed by atoms with van der Waals surface area (Å²) in [5.74, 6) is -0.855. The van der Waals surface area contributed by atoms with E-state index in [1.165, 1.54) is 0 Å². The number of aliphatic carboxylic acids is 1. The van der Waals surface area contributed by atoms with E-state index in [0.29, 0.717) is 12.8 Å². The lowest BCUT2D eigenvalue weighted by Gasteiger charge is -2.38. The first-order valence-corrected chi connectivity index (χ1v) is 4.69. The van der Waals surface area contributed by atoms with Crippen molar-refractivity contribution < 1.29 is 14.7 Å². The first-order chi connectivity index (χ1) is 6.14. The van der Waals surface area contributed by atoms with Crippen LogP contribution in [-0.4, -0.2) is 22.5 Å². The third kappa shape index (κ3) is 1.41. The lowest BCUT2D eigenvalue weighted by atomic mass is 9.76. The summed E-state index contributed by atoms with van der Waals surface area (Å²) in [6.45, 7) is 0. The van der Waals surface area contributed by atoms with E-state index in [-0.39, 0.29) is 11.8 Å². The monoisotopic (exact) mass is 183 g/mol. The van der Waals surface area contributed by atoms with E-state index in [9.17, 15) is 9.59 Å². The fraction of sp³-hybridized carbons (Fsp3) is 0.778. The molecule has 0 heterocycles. The Bertz CT molecular complexity index is 254. The highest BCUT2D eigenvalue weighted by atomic mass is 16.4. The molecule has 1 amide bonds. The van der Waals surface area contributed by atoms with Gasteiger partial charge in [0.15, 0.2) is 0 Å². The zero-order valence-electron chi connectivity index (χ0n) is 7.38. The van der Waals surface area contributed by atoms with Crippen LogP contribution in [0.3, 0.4) is 0 Å². The molecule has 2 saturated carbocycles. The number of amides is 1. The lowest BCUT2D eigenvalue weighted by molar-refractivity contribution is -0.152. The molecule has 2 aliphatic carbocycles. The lowest BCUT2D eigenvalue weighted by Crippen LogP contribution is -2.59. The number of hydrogen-bond acceptors (Lipinski definition) is 2. The SMILES string of the molecule is O=C(NC1(C(=O)O)CCC1)C1CC1. The molecule has 2 fully saturated rings. The number of carboxylic acids is 1. The van der Waals surface area contributed by atoms with Crippen LogP contribution in [0.25, 0.3) is 0 Å². The van der Waals surface area contributed by atoms with Gasteiger partial charge in [-0.1, -0.05) is 0 Å². The van der Waals surface area contributed by atoms with Gasteiger partial charge < -0.3 is 10.4 Å². The molecule has 0 aliphatic heterocycles. The first-order valence-electron chi connectivity index (χ1n) is 4.69. The average Bonchev–Trinajstić information content (AvgIpc) is 2.76. The minimum Gasteiger partial charge on any atom is -0.480 e. The molecule has 72 valence electrons. The predicted octanol–water partition coefficient (Wildman–Crippen LogP) is 0.520. The maximum atomic E-state index is 11.3. The van der Waals surface area contributed by atoms with Crippen molar-refractivity contribution in [2.45, 2.75) is 37.6 Å². The largest absolute Gasteiger partial charge is 0.480 e. The number of carboxylic acid groups (broad SMARTS) is 1. The Labute approximate surface area is 76.3 Å². The van der Waals surface area contributed by atoms with Crippen molar-refractivity contribution in [2.75, 3.05) is 0 Å². The van der Waals surface area contributed by atoms with Gasteiger partial charge in [-0.2, -0.15) is 0 Å². The number of carbonyl (C=O) groups excluding carboxylic acids is 1. The molecule has 2 N–H and O–H groups in total. The van der Waals surface area contributed by atoms with Gasteiger partial charge in [-0.05, 0) is 32.1 Å². The molecule has 2 aliphatic rings. The second-order valence-electron chi connectivity index (χ2n) is 4.00. The van der Waals surface area contributed by atoms with Gasteiger partial charge in [0.1, 0.15) is 5.54 Å². The standard InChI is InChI=1S/C9H13NO3/c11-7(6-2-3-6)10-9(8(12)13)4-1-5-9/h6H,1-5H2,(H,10,11)(H,12,13). The summed E-state index contributed by atoms with van der Waals surface area (Å²) in [5.41, 5.74) is -0.917. The Hall–Kier alpha value is -1.06. The number of hydrogen-bond donors (Lipinski definition) is 2. The van der Waals surface area contributed by atoms with Crippen molar-refractivity contribution in [1.29, 1.82) is 0 Å². The topological polar surface area (TPSA) is 66.4 Å². The summed E-state index contributed by atoms with van der Waals surface area (Å²) in [6, 6.07) is 0. The molecule has 0 atom stereocenters. The van der Waals surface area contributed by atoms with Crippen molar-refractivity contribution >= 4 is 11.9 Å². The summed E-state index contributed by atoms with van der Waals surface area (Å²) >= 11 is 0. The van der Waals surface area contributed by atoms with Gasteiger partial charge in [0.2, 0.25) is 5.91 Å². The highest BCUT2D eigenvalue weighted by Gasteiger charge is 2.47. The van der Waals surface area contributed by atoms with Gasteiger partial charge in [-0.15, -0.1) is 0 Å². The van der Waals surface area contributed by atoms with Crippen LogP contribution >= 0.6 is 0 Å². The number of rotatable bonds is 3. The molecule has 4 heteroatoms. The van der Waals surface area contributed by atoms with Gasteiger partial charge in [0.05, 0.1) is 0 Å². The van der Waals surface area contributed by atoms with E-state index >= 15 is 0 Å². The molecule has 0 aromatic rings. The third-order valence-corrected chi connectivity index (χ3v) is 2.93. The van der Waals surface area contributed by atoms with Gasteiger partial charge >= 0.3 is 5.97 Å². The number of nitrogens with one attached hydrogen (secondary N) is 1. The van der Waals surface area contributed by atoms with Crippen molar-refractivity contribution in [2.24, 2.45) is 5.92 Å². The normalized spacial score (nSPS) is 24.6. The maximum Gasteiger partial charge on any atom is 0.329 e. The molecule has 0 unspecified atom stereocenters. The van der Waals surface area contributed by atoms with E-state index < -0.39 is 11.5 Å². The second kappa shape index (κ2) is 2.72. The molecule has 0 spiro atoms. The molecule has 0 bridgehead atoms. The minimum absolute atomic E-state index is 0.0675. The van der Waals surface area contributed by atoms with Crippen molar-refractivity contribution in [3.63, 3.8) is 0 Å². The Morgan fingerprint density at radius 3 is 2.23 bits per heavy atom. The first kappa shape index (κ1) is 8.53. The van der Waals surface area contributed by atoms with Crippen LogP contribution in [0.2, 0.25) is 0 Å². The fourth-order valence-electron chi connectivity index (χ4n) is 1.61. The molecular formula is C9H13NO3. The average molecular weight is 183 g/mol. The van der Waals surface area contributed by atoms with Crippen LogP contribution in [0, 0.1) is 5.92 Å². The van der Waals surface area contributed by atoms with Crippen molar-refractivity contribution in [3.05, 3.63) is 0 Å². The minimum atomic E-state index is -0.917. The van der Waals surface area contributed by atoms with Crippen LogP contribution in [0.4, 0.5) is 0 Å². The van der Waals surface area contributed by atoms with Crippen LogP contribution in [0.1, 0.15) is 32.1 Å². The fourth-order valence-corrected chi connectivity index (χ4v) is 1.61. The quantitative estimate of drug-likeness (QED) is 0.670. The molecule has 13 heavy (non-hydrogen) atoms. The summed E-state index contributed by atoms with van der Waals surface area (Å²) in [5, 5.41) is 11.6. The van der Waals surface area contributed by atoms with Crippen molar-refractivity contribution in [1.82, 2.24) is 5.32 Å². The molecule has 0 aromatic carbocycles. The number of carbonyl (C=O) groups is 2. The highest BCUT2D eigenvalue weighted by molar-refractivity contribution is 5.89. The molecule has 0 aromatic heterocycles. The van der Waals surface area contributed by atoms with Crippen LogP contribution in [0.15, 0.2) is 0 Å². The Balaban J connectivity index is 1.97. The third-order valence-electron chi connectivity index (χ3n) is 2.93. The maximum absolute atomic E-state index is 11.3. The van der Waals surface area contributed by atoms with Gasteiger partial charge in [0, 0.05) is 5.92 Å². The van der Waals surface area contributed by atoms with Crippen LogP contribution < -0.4 is 5.32 Å². The Kier molecular flexibility index (Phi) is 1.78. The summed E-state index contributed by atoms with van der Waals surface area (Å²) in [7, 11) is 0. The van der Waals surface area contributed by atoms with Gasteiger partial charge in [-0.3, -0.25) is 4.79 Å². The van der Waals surface area contributed by atoms with E-state index in [1.54, 1.807) is 0 Å². The molecular weight excluding hydrogens is 170 g/mol. The zero-order chi connectivity index (χ0) is 9.47. The Morgan fingerprint density at radius 1 is 1.31 bits per heavy atom. The predicted molar refractivity (Wildman–Crippen MR) is 45.1 cm³/mol. The smallest absolute Gasteiger partial charge is 0.329 e. The highest BCUT2D eigenvalue weighted by Crippen LogP contribution is 2.35. The van der Waals surface area contributed by atoms with E-state index in [0.717, 1.165) is 19.3 Å². The summed E-state index contributed by atoms with van der Waals surface area (Å²) < 4.78 is 0. The van der Waals surface area contributed by atoms with E-state index in [1.807, 2.05) is 0 Å². The molecule has 4 nitrogen and oxygen atoms in total. The molecule has 0 radical (unpaired) electrons. The van der Waals surface area contributed by atoms with E-state index in [2.05, 4.69) is 5.32 Å². The molecule has 0 saturated heterocycles. The van der Waals surface area contributed by atoms with Crippen LogP contribution in [0.5, 0.6) is 0 Å². The summed E-state index contributed by atoms with van der Waals surface area (Å²) in [4.78, 5) is 22.2. The molecule has 2 rings (SSSR count). The summed E-state index contributed by atoms with van der Waals surface area (Å²) in [6.07, 6.45) is 3.90. The van der Waals surface area contributed by atoms with Crippen LogP contribution in [-0.2, 0) is 9.59 Å². The zero-order valence-corrected chi connectivity index (χ0v) is 7.38. The van der Waals surface area contributed by atoms with Gasteiger partial charge in [0.25, 0.3) is 0 Å². The van der Waals surface area contributed by atoms with E-state index in [4.69, 9.17) is 5.11 Å². The van der Waals surface area contributed by atoms with Crippen molar-refractivity contribution in [3.8, 4) is 0 Å². The van der Waals surface area contributed by atoms with Gasteiger partial charge in [-0.25, -0.2) is 4.79 Å².